The largest absolute Gasteiger partial charge is 0.342 e. The molecule has 1 N–H and O–H groups in total. The first-order chi connectivity index (χ1) is 8.69. The van der Waals surface area contributed by atoms with Gasteiger partial charge in [0.15, 0.2) is 0 Å². The van der Waals surface area contributed by atoms with Gasteiger partial charge in [-0.2, -0.15) is 0 Å². The Bertz CT molecular complexity index is 273. The molecule has 0 spiro atoms. The summed E-state index contributed by atoms with van der Waals surface area (Å²) in [4.78, 5) is 15.0. The number of nitrogens with zero attached hydrogens (tertiary/aromatic N) is 1. The molecule has 1 aliphatic heterocycles. The van der Waals surface area contributed by atoms with E-state index >= 15 is 0 Å². The highest BCUT2D eigenvalue weighted by Crippen LogP contribution is 2.37. The molecular weight excluding hydrogens is 224 g/mol. The second-order valence-corrected chi connectivity index (χ2v) is 6.13. The number of nitrogens with one attached hydrogen (secondary N) is 1. The summed E-state index contributed by atoms with van der Waals surface area (Å²) in [6.45, 7) is 4.21. The number of rotatable bonds is 4. The Morgan fingerprint density at radius 1 is 1.28 bits per heavy atom. The number of piperidine rings is 1. The van der Waals surface area contributed by atoms with Gasteiger partial charge in [-0.05, 0) is 45.2 Å². The molecule has 0 unspecified atom stereocenters. The van der Waals surface area contributed by atoms with Crippen LogP contribution in [0.1, 0.15) is 58.3 Å². The maximum atomic E-state index is 12.9. The van der Waals surface area contributed by atoms with Gasteiger partial charge in [-0.3, -0.25) is 4.79 Å². The van der Waals surface area contributed by atoms with Crippen molar-refractivity contribution >= 4 is 5.91 Å². The Morgan fingerprint density at radius 3 is 2.44 bits per heavy atom. The first kappa shape index (κ1) is 13.9. The summed E-state index contributed by atoms with van der Waals surface area (Å²) in [7, 11) is 2.04. The quantitative estimate of drug-likeness (QED) is 0.834. The van der Waals surface area contributed by atoms with Gasteiger partial charge in [0.1, 0.15) is 0 Å². The smallest absolute Gasteiger partial charge is 0.228 e. The molecule has 0 atom stereocenters. The number of hydrogen-bond donors (Lipinski definition) is 1. The predicted molar refractivity (Wildman–Crippen MR) is 74.5 cm³/mol. The summed E-state index contributed by atoms with van der Waals surface area (Å²) in [5, 5.41) is 3.39. The second kappa shape index (κ2) is 6.05. The van der Waals surface area contributed by atoms with Crippen molar-refractivity contribution in [1.82, 2.24) is 10.2 Å². The highest BCUT2D eigenvalue weighted by molar-refractivity contribution is 5.83. The van der Waals surface area contributed by atoms with Crippen LogP contribution in [0.3, 0.4) is 0 Å². The summed E-state index contributed by atoms with van der Waals surface area (Å²) in [6, 6.07) is 0.515. The first-order valence-electron chi connectivity index (χ1n) is 7.67. The van der Waals surface area contributed by atoms with Crippen molar-refractivity contribution in [3.05, 3.63) is 0 Å². The van der Waals surface area contributed by atoms with Crippen LogP contribution in [0.25, 0.3) is 0 Å². The second-order valence-electron chi connectivity index (χ2n) is 6.13. The van der Waals surface area contributed by atoms with E-state index in [1.807, 2.05) is 7.05 Å². The Kier molecular flexibility index (Phi) is 4.66. The van der Waals surface area contributed by atoms with E-state index in [9.17, 15) is 4.79 Å². The predicted octanol–water partition coefficient (Wildman–Crippen LogP) is 2.56. The lowest BCUT2D eigenvalue weighted by Gasteiger charge is -2.40. The molecule has 0 bridgehead atoms. The molecule has 3 nitrogen and oxygen atoms in total. The van der Waals surface area contributed by atoms with Gasteiger partial charge in [-0.1, -0.05) is 26.2 Å². The minimum atomic E-state index is -0.0582. The third kappa shape index (κ3) is 2.71. The lowest BCUT2D eigenvalue weighted by molar-refractivity contribution is -0.145. The van der Waals surface area contributed by atoms with Crippen molar-refractivity contribution < 1.29 is 4.79 Å². The molecule has 1 heterocycles. The zero-order valence-corrected chi connectivity index (χ0v) is 12.0. The van der Waals surface area contributed by atoms with Crippen LogP contribution in [0.4, 0.5) is 0 Å². The molecule has 104 valence electrons. The molecule has 1 saturated carbocycles. The Balaban J connectivity index is 2.06. The maximum Gasteiger partial charge on any atom is 0.228 e. The van der Waals surface area contributed by atoms with E-state index in [-0.39, 0.29) is 5.41 Å². The van der Waals surface area contributed by atoms with Crippen LogP contribution in [0, 0.1) is 5.41 Å². The summed E-state index contributed by atoms with van der Waals surface area (Å²) in [5.74, 6) is 0.428. The Hall–Kier alpha value is -0.570. The van der Waals surface area contributed by atoms with Crippen LogP contribution in [-0.2, 0) is 4.79 Å². The standard InChI is InChI=1S/C15H28N2O/c1-3-8-15(9-11-16-12-10-15)14(18)17(2)13-6-4-5-7-13/h13,16H,3-12H2,1-2H3. The minimum absolute atomic E-state index is 0.0582. The zero-order valence-electron chi connectivity index (χ0n) is 12.0. The van der Waals surface area contributed by atoms with Gasteiger partial charge >= 0.3 is 0 Å². The van der Waals surface area contributed by atoms with Crippen molar-refractivity contribution in [2.45, 2.75) is 64.3 Å². The molecule has 2 fully saturated rings. The van der Waals surface area contributed by atoms with Gasteiger partial charge in [-0.15, -0.1) is 0 Å². The first-order valence-corrected chi connectivity index (χ1v) is 7.67. The van der Waals surface area contributed by atoms with Gasteiger partial charge < -0.3 is 10.2 Å². The van der Waals surface area contributed by atoms with Crippen LogP contribution in [0.2, 0.25) is 0 Å². The topological polar surface area (TPSA) is 32.3 Å². The fraction of sp³-hybridized carbons (Fsp3) is 0.933. The van der Waals surface area contributed by atoms with Gasteiger partial charge in [0, 0.05) is 13.1 Å². The number of amides is 1. The highest BCUT2D eigenvalue weighted by atomic mass is 16.2. The van der Waals surface area contributed by atoms with Crippen LogP contribution in [-0.4, -0.2) is 37.0 Å². The molecule has 0 aromatic rings. The monoisotopic (exact) mass is 252 g/mol. The van der Waals surface area contributed by atoms with E-state index < -0.39 is 0 Å². The van der Waals surface area contributed by atoms with Crippen LogP contribution >= 0.6 is 0 Å². The molecule has 2 aliphatic rings. The molecule has 0 aromatic heterocycles. The van der Waals surface area contributed by atoms with Crippen LogP contribution in [0.15, 0.2) is 0 Å². The molecule has 0 radical (unpaired) electrons. The zero-order chi connectivity index (χ0) is 13.0. The van der Waals surface area contributed by atoms with Crippen molar-refractivity contribution in [1.29, 1.82) is 0 Å². The van der Waals surface area contributed by atoms with Crippen LogP contribution in [0.5, 0.6) is 0 Å². The minimum Gasteiger partial charge on any atom is -0.342 e. The average molecular weight is 252 g/mol. The van der Waals surface area contributed by atoms with Crippen LogP contribution < -0.4 is 5.32 Å². The summed E-state index contributed by atoms with van der Waals surface area (Å²) >= 11 is 0. The molecule has 1 amide bonds. The maximum absolute atomic E-state index is 12.9. The van der Waals surface area contributed by atoms with E-state index in [1.54, 1.807) is 0 Å². The van der Waals surface area contributed by atoms with Gasteiger partial charge in [0.25, 0.3) is 0 Å². The molecule has 1 aliphatic carbocycles. The van der Waals surface area contributed by atoms with Gasteiger partial charge in [0.05, 0.1) is 5.41 Å². The van der Waals surface area contributed by atoms with Crippen molar-refractivity contribution in [2.24, 2.45) is 5.41 Å². The van der Waals surface area contributed by atoms with E-state index in [0.29, 0.717) is 11.9 Å². The molecule has 1 saturated heterocycles. The van der Waals surface area contributed by atoms with Crippen molar-refractivity contribution in [3.63, 3.8) is 0 Å². The third-order valence-electron chi connectivity index (χ3n) is 4.94. The highest BCUT2D eigenvalue weighted by Gasteiger charge is 2.41. The SMILES string of the molecule is CCCC1(C(=O)N(C)C2CCCC2)CCNCC1. The molecular formula is C15H28N2O. The summed E-state index contributed by atoms with van der Waals surface area (Å²) in [6.07, 6.45) is 9.24. The van der Waals surface area contributed by atoms with E-state index in [1.165, 1.54) is 25.7 Å². The number of carbonyl (C=O) groups excluding carboxylic acids is 1. The van der Waals surface area contributed by atoms with Crippen molar-refractivity contribution in [3.8, 4) is 0 Å². The van der Waals surface area contributed by atoms with Gasteiger partial charge in [-0.25, -0.2) is 0 Å². The number of hydrogen-bond acceptors (Lipinski definition) is 2. The Morgan fingerprint density at radius 2 is 1.89 bits per heavy atom. The molecule has 2 rings (SSSR count). The average Bonchev–Trinajstić information content (AvgIpc) is 2.92. The fourth-order valence-corrected chi connectivity index (χ4v) is 3.79. The molecule has 3 heteroatoms. The van der Waals surface area contributed by atoms with E-state index in [0.717, 1.165) is 38.8 Å². The molecule has 0 aromatic carbocycles. The summed E-state index contributed by atoms with van der Waals surface area (Å²) in [5.41, 5.74) is -0.0582. The van der Waals surface area contributed by atoms with E-state index in [4.69, 9.17) is 0 Å². The fourth-order valence-electron chi connectivity index (χ4n) is 3.79. The van der Waals surface area contributed by atoms with E-state index in [2.05, 4.69) is 17.1 Å². The summed E-state index contributed by atoms with van der Waals surface area (Å²) < 4.78 is 0. The third-order valence-corrected chi connectivity index (χ3v) is 4.94. The normalized spacial score (nSPS) is 24.1. The number of carbonyl (C=O) groups is 1. The lowest BCUT2D eigenvalue weighted by Crippen LogP contribution is -2.50. The van der Waals surface area contributed by atoms with Crippen molar-refractivity contribution in [2.75, 3.05) is 20.1 Å². The lowest BCUT2D eigenvalue weighted by atomic mass is 9.74. The Labute approximate surface area is 111 Å². The molecule has 18 heavy (non-hydrogen) atoms. The van der Waals surface area contributed by atoms with Gasteiger partial charge in [0.2, 0.25) is 5.91 Å².